The molecule has 0 aliphatic carbocycles. The van der Waals surface area contributed by atoms with Crippen molar-refractivity contribution < 1.29 is 22.7 Å². The molecule has 2 aromatic carbocycles. The molecule has 0 aromatic heterocycles. The summed E-state index contributed by atoms with van der Waals surface area (Å²) in [5, 5.41) is 2.91. The van der Waals surface area contributed by atoms with Gasteiger partial charge in [0.25, 0.3) is 0 Å². The lowest BCUT2D eigenvalue weighted by Gasteiger charge is -2.34. The second-order valence-electron chi connectivity index (χ2n) is 7.38. The minimum Gasteiger partial charge on any atom is -0.462 e. The first-order valence-electron chi connectivity index (χ1n) is 10.9. The number of hydrogen-bond acceptors (Lipinski definition) is 6. The normalized spacial score (nSPS) is 14.6. The number of urea groups is 1. The summed E-state index contributed by atoms with van der Waals surface area (Å²) in [6.07, 6.45) is 0.849. The van der Waals surface area contributed by atoms with E-state index in [1.807, 2.05) is 18.2 Å². The number of nitrogens with zero attached hydrogens (tertiary/aromatic N) is 2. The van der Waals surface area contributed by atoms with E-state index in [0.717, 1.165) is 12.2 Å². The van der Waals surface area contributed by atoms with E-state index >= 15 is 0 Å². The highest BCUT2D eigenvalue weighted by molar-refractivity contribution is 7.99. The highest BCUT2D eigenvalue weighted by atomic mass is 32.2. The number of hydrogen-bond donors (Lipinski definition) is 1. The summed E-state index contributed by atoms with van der Waals surface area (Å²) in [4.78, 5) is 27.1. The second-order valence-corrected chi connectivity index (χ2v) is 10.5. The number of carbonyl (C=O) groups excluding carboxylic acids is 2. The van der Waals surface area contributed by atoms with Gasteiger partial charge in [-0.25, -0.2) is 18.0 Å². The average Bonchev–Trinajstić information content (AvgIpc) is 2.84. The van der Waals surface area contributed by atoms with Crippen LogP contribution in [0.2, 0.25) is 0 Å². The molecule has 8 nitrogen and oxygen atoms in total. The molecule has 1 N–H and O–H groups in total. The van der Waals surface area contributed by atoms with Gasteiger partial charge in [0.05, 0.1) is 17.1 Å². The Labute approximate surface area is 199 Å². The van der Waals surface area contributed by atoms with Crippen LogP contribution in [0.3, 0.4) is 0 Å². The standard InChI is InChI=1S/C23H29N3O5S2/c1-2-31-22(27)19-9-11-21(12-10-19)33(29,30)26-16-14-25(15-17-26)23(28)24-13-6-18-32-20-7-4-3-5-8-20/h3-5,7-12H,2,6,13-18H2,1H3,(H,24,28). The van der Waals surface area contributed by atoms with E-state index in [0.29, 0.717) is 25.2 Å². The number of nitrogens with one attached hydrogen (secondary N) is 1. The van der Waals surface area contributed by atoms with Gasteiger partial charge in [0, 0.05) is 37.6 Å². The Morgan fingerprint density at radius 3 is 2.30 bits per heavy atom. The quantitative estimate of drug-likeness (QED) is 0.329. The lowest BCUT2D eigenvalue weighted by Crippen LogP contribution is -2.53. The van der Waals surface area contributed by atoms with Crippen molar-refractivity contribution in [3.05, 3.63) is 60.2 Å². The summed E-state index contributed by atoms with van der Waals surface area (Å²) in [5.41, 5.74) is 0.305. The van der Waals surface area contributed by atoms with E-state index in [2.05, 4.69) is 17.4 Å². The summed E-state index contributed by atoms with van der Waals surface area (Å²) in [6.45, 7) is 3.63. The topological polar surface area (TPSA) is 96.0 Å². The van der Waals surface area contributed by atoms with Crippen LogP contribution in [0.25, 0.3) is 0 Å². The maximum atomic E-state index is 12.9. The molecule has 2 aromatic rings. The van der Waals surface area contributed by atoms with E-state index < -0.39 is 16.0 Å². The van der Waals surface area contributed by atoms with Crippen molar-refractivity contribution in [1.82, 2.24) is 14.5 Å². The molecule has 3 rings (SSSR count). The van der Waals surface area contributed by atoms with Gasteiger partial charge in [0.15, 0.2) is 0 Å². The van der Waals surface area contributed by atoms with E-state index in [4.69, 9.17) is 4.74 Å². The number of sulfonamides is 1. The van der Waals surface area contributed by atoms with Gasteiger partial charge >= 0.3 is 12.0 Å². The molecule has 178 valence electrons. The zero-order valence-corrected chi connectivity index (χ0v) is 20.2. The van der Waals surface area contributed by atoms with Gasteiger partial charge < -0.3 is 15.0 Å². The number of esters is 1. The van der Waals surface area contributed by atoms with Crippen LogP contribution in [0.1, 0.15) is 23.7 Å². The fourth-order valence-electron chi connectivity index (χ4n) is 3.34. The molecule has 10 heteroatoms. The third kappa shape index (κ3) is 6.96. The van der Waals surface area contributed by atoms with Crippen molar-refractivity contribution in [2.75, 3.05) is 45.1 Å². The zero-order chi connectivity index (χ0) is 23.7. The lowest BCUT2D eigenvalue weighted by atomic mass is 10.2. The second kappa shape index (κ2) is 12.1. The van der Waals surface area contributed by atoms with Gasteiger partial charge in [0.1, 0.15) is 0 Å². The molecule has 1 aliphatic rings. The van der Waals surface area contributed by atoms with E-state index in [-0.39, 0.29) is 30.6 Å². The van der Waals surface area contributed by atoms with Crippen molar-refractivity contribution in [3.63, 3.8) is 0 Å². The minimum absolute atomic E-state index is 0.115. The predicted octanol–water partition coefficient (Wildman–Crippen LogP) is 3.06. The van der Waals surface area contributed by atoms with Crippen molar-refractivity contribution in [2.45, 2.75) is 23.1 Å². The fraction of sp³-hybridized carbons (Fsp3) is 0.391. The van der Waals surface area contributed by atoms with Crippen LogP contribution in [0.4, 0.5) is 4.79 Å². The van der Waals surface area contributed by atoms with Crippen molar-refractivity contribution in [3.8, 4) is 0 Å². The van der Waals surface area contributed by atoms with Crippen LogP contribution in [-0.4, -0.2) is 74.7 Å². The Balaban J connectivity index is 1.42. The number of carbonyl (C=O) groups is 2. The zero-order valence-electron chi connectivity index (χ0n) is 18.6. The van der Waals surface area contributed by atoms with Gasteiger partial charge in [-0.15, -0.1) is 11.8 Å². The Morgan fingerprint density at radius 2 is 1.67 bits per heavy atom. The number of piperazine rings is 1. The molecule has 33 heavy (non-hydrogen) atoms. The molecule has 2 amide bonds. The molecular formula is C23H29N3O5S2. The smallest absolute Gasteiger partial charge is 0.338 e. The SMILES string of the molecule is CCOC(=O)c1ccc(S(=O)(=O)N2CCN(C(=O)NCCCSc3ccccc3)CC2)cc1. The first-order valence-corrected chi connectivity index (χ1v) is 13.3. The number of rotatable bonds is 9. The molecule has 1 heterocycles. The van der Waals surface area contributed by atoms with Gasteiger partial charge in [-0.3, -0.25) is 0 Å². The monoisotopic (exact) mass is 491 g/mol. The van der Waals surface area contributed by atoms with Crippen LogP contribution in [-0.2, 0) is 14.8 Å². The first-order chi connectivity index (χ1) is 15.9. The van der Waals surface area contributed by atoms with Crippen molar-refractivity contribution >= 4 is 33.8 Å². The van der Waals surface area contributed by atoms with Crippen LogP contribution >= 0.6 is 11.8 Å². The molecule has 0 atom stereocenters. The largest absolute Gasteiger partial charge is 0.462 e. The third-order valence-electron chi connectivity index (χ3n) is 5.14. The van der Waals surface area contributed by atoms with E-state index in [1.54, 1.807) is 23.6 Å². The van der Waals surface area contributed by atoms with Crippen LogP contribution in [0.5, 0.6) is 0 Å². The Morgan fingerprint density at radius 1 is 1.00 bits per heavy atom. The van der Waals surface area contributed by atoms with Crippen LogP contribution < -0.4 is 5.32 Å². The Hall–Kier alpha value is -2.56. The summed E-state index contributed by atoms with van der Waals surface area (Å²) >= 11 is 1.75. The maximum Gasteiger partial charge on any atom is 0.338 e. The molecule has 0 bridgehead atoms. The van der Waals surface area contributed by atoms with Crippen molar-refractivity contribution in [1.29, 1.82) is 0 Å². The van der Waals surface area contributed by atoms with Crippen molar-refractivity contribution in [2.24, 2.45) is 0 Å². The number of benzene rings is 2. The molecule has 0 radical (unpaired) electrons. The lowest BCUT2D eigenvalue weighted by molar-refractivity contribution is 0.0526. The predicted molar refractivity (Wildman–Crippen MR) is 128 cm³/mol. The molecular weight excluding hydrogens is 462 g/mol. The molecule has 1 fully saturated rings. The minimum atomic E-state index is -3.70. The van der Waals surface area contributed by atoms with E-state index in [9.17, 15) is 18.0 Å². The number of ether oxygens (including phenoxy) is 1. The summed E-state index contributed by atoms with van der Waals surface area (Å²) < 4.78 is 32.1. The Kier molecular flexibility index (Phi) is 9.16. The average molecular weight is 492 g/mol. The first kappa shape index (κ1) is 25.1. The number of thioether (sulfide) groups is 1. The third-order valence-corrected chi connectivity index (χ3v) is 8.15. The molecule has 0 unspecified atom stereocenters. The number of amides is 2. The van der Waals surface area contributed by atoms with Gasteiger partial charge in [0.2, 0.25) is 10.0 Å². The van der Waals surface area contributed by atoms with Gasteiger partial charge in [-0.1, -0.05) is 18.2 Å². The highest BCUT2D eigenvalue weighted by Gasteiger charge is 2.30. The maximum absolute atomic E-state index is 12.9. The molecule has 1 aliphatic heterocycles. The summed E-state index contributed by atoms with van der Waals surface area (Å²) in [7, 11) is -3.70. The highest BCUT2D eigenvalue weighted by Crippen LogP contribution is 2.19. The molecule has 0 spiro atoms. The van der Waals surface area contributed by atoms with Crippen LogP contribution in [0, 0.1) is 0 Å². The van der Waals surface area contributed by atoms with Crippen LogP contribution in [0.15, 0.2) is 64.4 Å². The summed E-state index contributed by atoms with van der Waals surface area (Å²) in [5.74, 6) is 0.422. The molecule has 0 saturated carbocycles. The van der Waals surface area contributed by atoms with Gasteiger partial charge in [-0.05, 0) is 55.5 Å². The fourth-order valence-corrected chi connectivity index (χ4v) is 5.64. The Bertz CT molecular complexity index is 1020. The van der Waals surface area contributed by atoms with Gasteiger partial charge in [-0.2, -0.15) is 4.31 Å². The summed E-state index contributed by atoms with van der Waals surface area (Å²) in [6, 6.07) is 15.7. The molecule has 1 saturated heterocycles. The van der Waals surface area contributed by atoms with E-state index in [1.165, 1.54) is 33.5 Å².